The van der Waals surface area contributed by atoms with Crippen molar-refractivity contribution in [3.63, 3.8) is 0 Å². The molecule has 1 amide bonds. The highest BCUT2D eigenvalue weighted by molar-refractivity contribution is 5.94. The van der Waals surface area contributed by atoms with Gasteiger partial charge >= 0.3 is 0 Å². The molecule has 0 bridgehead atoms. The molecule has 0 saturated carbocycles. The average Bonchev–Trinajstić information content (AvgIpc) is 2.29. The zero-order valence-electron chi connectivity index (χ0n) is 8.57. The highest BCUT2D eigenvalue weighted by atomic mass is 16.5. The number of methoxy groups -OCH3 is 1. The van der Waals surface area contributed by atoms with Crippen LogP contribution in [-0.4, -0.2) is 25.6 Å². The Hall–Kier alpha value is -1.59. The molecule has 5 N–H and O–H groups in total. The number of nitrogens with one attached hydrogen (secondary N) is 1. The Labute approximate surface area is 88.4 Å². The zero-order valence-corrected chi connectivity index (χ0v) is 8.57. The lowest BCUT2D eigenvalue weighted by Gasteiger charge is -2.10. The SMILES string of the molecule is COc1ccc(NC(=O)C(N)CN)cc1. The van der Waals surface area contributed by atoms with Crippen LogP contribution in [0.5, 0.6) is 5.75 Å². The van der Waals surface area contributed by atoms with E-state index in [2.05, 4.69) is 5.32 Å². The van der Waals surface area contributed by atoms with Gasteiger partial charge in [0.1, 0.15) is 5.75 Å². The molecule has 0 heterocycles. The first-order chi connectivity index (χ1) is 7.17. The van der Waals surface area contributed by atoms with Crippen LogP contribution in [0.2, 0.25) is 0 Å². The number of hydrogen-bond acceptors (Lipinski definition) is 4. The average molecular weight is 209 g/mol. The fourth-order valence-corrected chi connectivity index (χ4v) is 1.02. The molecular weight excluding hydrogens is 194 g/mol. The van der Waals surface area contributed by atoms with Gasteiger partial charge in [0.15, 0.2) is 0 Å². The van der Waals surface area contributed by atoms with Gasteiger partial charge < -0.3 is 21.5 Å². The minimum absolute atomic E-state index is 0.127. The zero-order chi connectivity index (χ0) is 11.3. The molecule has 1 unspecified atom stereocenters. The molecule has 0 spiro atoms. The van der Waals surface area contributed by atoms with Crippen LogP contribution in [0.3, 0.4) is 0 Å². The summed E-state index contributed by atoms with van der Waals surface area (Å²) in [6.07, 6.45) is 0. The summed E-state index contributed by atoms with van der Waals surface area (Å²) >= 11 is 0. The molecule has 0 aromatic heterocycles. The van der Waals surface area contributed by atoms with Crippen LogP contribution in [0.4, 0.5) is 5.69 Å². The van der Waals surface area contributed by atoms with Gasteiger partial charge in [0, 0.05) is 12.2 Å². The molecule has 1 aromatic carbocycles. The topological polar surface area (TPSA) is 90.4 Å². The second kappa shape index (κ2) is 5.33. The van der Waals surface area contributed by atoms with E-state index in [1.54, 1.807) is 31.4 Å². The minimum atomic E-state index is -0.674. The first-order valence-electron chi connectivity index (χ1n) is 4.58. The number of hydrogen-bond donors (Lipinski definition) is 3. The van der Waals surface area contributed by atoms with E-state index in [0.29, 0.717) is 5.69 Å². The van der Waals surface area contributed by atoms with Crippen molar-refractivity contribution in [2.45, 2.75) is 6.04 Å². The van der Waals surface area contributed by atoms with E-state index in [1.165, 1.54) is 0 Å². The van der Waals surface area contributed by atoms with Gasteiger partial charge in [0.2, 0.25) is 5.91 Å². The Balaban J connectivity index is 2.61. The maximum atomic E-state index is 11.4. The van der Waals surface area contributed by atoms with E-state index in [1.807, 2.05) is 0 Å². The van der Waals surface area contributed by atoms with E-state index >= 15 is 0 Å². The molecule has 1 atom stereocenters. The first kappa shape index (κ1) is 11.5. The summed E-state index contributed by atoms with van der Waals surface area (Å²) in [6.45, 7) is 0.127. The second-order valence-corrected chi connectivity index (χ2v) is 3.06. The Morgan fingerprint density at radius 2 is 2.07 bits per heavy atom. The maximum absolute atomic E-state index is 11.4. The Morgan fingerprint density at radius 3 is 2.53 bits per heavy atom. The van der Waals surface area contributed by atoms with E-state index in [0.717, 1.165) is 5.75 Å². The highest BCUT2D eigenvalue weighted by Gasteiger charge is 2.10. The molecule has 82 valence electrons. The number of amides is 1. The monoisotopic (exact) mass is 209 g/mol. The van der Waals surface area contributed by atoms with Crippen molar-refractivity contribution >= 4 is 11.6 Å². The van der Waals surface area contributed by atoms with Crippen LogP contribution < -0.4 is 21.5 Å². The standard InChI is InChI=1S/C10H15N3O2/c1-15-8-4-2-7(3-5-8)13-10(14)9(12)6-11/h2-5,9H,6,11-12H2,1H3,(H,13,14). The lowest BCUT2D eigenvalue weighted by Crippen LogP contribution is -2.41. The van der Waals surface area contributed by atoms with Crippen LogP contribution in [-0.2, 0) is 4.79 Å². The molecule has 5 nitrogen and oxygen atoms in total. The van der Waals surface area contributed by atoms with Crippen LogP contribution in [0.25, 0.3) is 0 Å². The normalized spacial score (nSPS) is 11.9. The minimum Gasteiger partial charge on any atom is -0.497 e. The molecule has 1 aromatic rings. The number of anilines is 1. The molecule has 15 heavy (non-hydrogen) atoms. The summed E-state index contributed by atoms with van der Waals surface area (Å²) in [5.41, 5.74) is 11.4. The quantitative estimate of drug-likeness (QED) is 0.647. The highest BCUT2D eigenvalue weighted by Crippen LogP contribution is 2.14. The van der Waals surface area contributed by atoms with Crippen LogP contribution >= 0.6 is 0 Å². The summed E-state index contributed by atoms with van der Waals surface area (Å²) in [5, 5.41) is 2.64. The van der Waals surface area contributed by atoms with Crippen molar-refractivity contribution in [2.75, 3.05) is 19.0 Å². The van der Waals surface area contributed by atoms with Crippen molar-refractivity contribution < 1.29 is 9.53 Å². The van der Waals surface area contributed by atoms with Gasteiger partial charge in [0.05, 0.1) is 13.2 Å². The van der Waals surface area contributed by atoms with Gasteiger partial charge in [0.25, 0.3) is 0 Å². The number of ether oxygens (including phenoxy) is 1. The second-order valence-electron chi connectivity index (χ2n) is 3.06. The smallest absolute Gasteiger partial charge is 0.242 e. The third-order valence-corrected chi connectivity index (χ3v) is 1.95. The van der Waals surface area contributed by atoms with Crippen LogP contribution in [0, 0.1) is 0 Å². The van der Waals surface area contributed by atoms with Crippen molar-refractivity contribution in [3.05, 3.63) is 24.3 Å². The van der Waals surface area contributed by atoms with Crippen LogP contribution in [0.1, 0.15) is 0 Å². The summed E-state index contributed by atoms with van der Waals surface area (Å²) in [5.74, 6) is 0.443. The molecule has 0 fully saturated rings. The molecule has 0 aliphatic rings. The third-order valence-electron chi connectivity index (χ3n) is 1.95. The molecule has 1 rings (SSSR count). The number of nitrogens with two attached hydrogens (primary N) is 2. The lowest BCUT2D eigenvalue weighted by atomic mass is 10.2. The first-order valence-corrected chi connectivity index (χ1v) is 4.58. The van der Waals surface area contributed by atoms with Gasteiger partial charge in [-0.25, -0.2) is 0 Å². The van der Waals surface area contributed by atoms with Gasteiger partial charge in [-0.3, -0.25) is 4.79 Å². The van der Waals surface area contributed by atoms with Gasteiger partial charge in [-0.15, -0.1) is 0 Å². The van der Waals surface area contributed by atoms with E-state index in [-0.39, 0.29) is 12.5 Å². The number of carbonyl (C=O) groups is 1. The summed E-state index contributed by atoms with van der Waals surface area (Å²) in [6, 6.07) is 6.31. The van der Waals surface area contributed by atoms with Crippen molar-refractivity contribution in [1.82, 2.24) is 0 Å². The van der Waals surface area contributed by atoms with Gasteiger partial charge in [-0.1, -0.05) is 0 Å². The molecule has 5 heteroatoms. The van der Waals surface area contributed by atoms with Crippen molar-refractivity contribution in [3.8, 4) is 5.75 Å². The van der Waals surface area contributed by atoms with Gasteiger partial charge in [-0.2, -0.15) is 0 Å². The summed E-state index contributed by atoms with van der Waals surface area (Å²) < 4.78 is 4.99. The van der Waals surface area contributed by atoms with Crippen molar-refractivity contribution in [1.29, 1.82) is 0 Å². The largest absolute Gasteiger partial charge is 0.497 e. The molecule has 0 aliphatic heterocycles. The number of carbonyl (C=O) groups excluding carboxylic acids is 1. The van der Waals surface area contributed by atoms with E-state index in [4.69, 9.17) is 16.2 Å². The maximum Gasteiger partial charge on any atom is 0.242 e. The summed E-state index contributed by atoms with van der Waals surface area (Å²) in [7, 11) is 1.58. The lowest BCUT2D eigenvalue weighted by molar-refractivity contribution is -0.117. The Morgan fingerprint density at radius 1 is 1.47 bits per heavy atom. The van der Waals surface area contributed by atoms with Gasteiger partial charge in [-0.05, 0) is 24.3 Å². The molecule has 0 radical (unpaired) electrons. The predicted molar refractivity (Wildman–Crippen MR) is 58.7 cm³/mol. The molecular formula is C10H15N3O2. The predicted octanol–water partition coefficient (Wildman–Crippen LogP) is -0.0803. The third kappa shape index (κ3) is 3.23. The van der Waals surface area contributed by atoms with E-state index in [9.17, 15) is 4.79 Å². The fourth-order valence-electron chi connectivity index (χ4n) is 1.02. The van der Waals surface area contributed by atoms with Crippen LogP contribution in [0.15, 0.2) is 24.3 Å². The van der Waals surface area contributed by atoms with Crippen molar-refractivity contribution in [2.24, 2.45) is 11.5 Å². The Bertz CT molecular complexity index is 324. The molecule has 0 aliphatic carbocycles. The summed E-state index contributed by atoms with van der Waals surface area (Å²) in [4.78, 5) is 11.4. The Kier molecular flexibility index (Phi) is 4.08. The number of rotatable bonds is 4. The fraction of sp³-hybridized carbons (Fsp3) is 0.300. The molecule has 0 saturated heterocycles. The number of benzene rings is 1. The van der Waals surface area contributed by atoms with E-state index < -0.39 is 6.04 Å².